The summed E-state index contributed by atoms with van der Waals surface area (Å²) in [6, 6.07) is 2.77. The Bertz CT molecular complexity index is 235. The van der Waals surface area contributed by atoms with Gasteiger partial charge in [-0.15, -0.1) is 0 Å². The number of hydrogen-bond acceptors (Lipinski definition) is 2. The van der Waals surface area contributed by atoms with E-state index in [0.717, 1.165) is 0 Å². The predicted octanol–water partition coefficient (Wildman–Crippen LogP) is 2.06. The number of halogens is 1. The fourth-order valence-electron chi connectivity index (χ4n) is 0.651. The van der Waals surface area contributed by atoms with Crippen LogP contribution in [0.1, 0.15) is 5.56 Å². The van der Waals surface area contributed by atoms with E-state index in [-0.39, 0.29) is 11.5 Å². The molecule has 0 unspecified atom stereocenters. The van der Waals surface area contributed by atoms with Crippen molar-refractivity contribution < 1.29 is 10.2 Å². The van der Waals surface area contributed by atoms with Gasteiger partial charge in [0.1, 0.15) is 11.5 Å². The van der Waals surface area contributed by atoms with E-state index in [1.54, 1.807) is 6.92 Å². The maximum atomic E-state index is 9.04. The largest absolute Gasteiger partial charge is 0.507 e. The van der Waals surface area contributed by atoms with E-state index in [1.807, 2.05) is 0 Å². The van der Waals surface area contributed by atoms with Crippen LogP contribution in [0.25, 0.3) is 0 Å². The standard InChI is InChI=1S/C7H7ClO2/c1-4-6(9)2-5(8)3-7(4)10/h2-3,9-10H,1H3. The van der Waals surface area contributed by atoms with E-state index in [4.69, 9.17) is 21.8 Å². The first kappa shape index (κ1) is 7.22. The summed E-state index contributed by atoms with van der Waals surface area (Å²) in [6.45, 7) is 1.61. The molecule has 10 heavy (non-hydrogen) atoms. The molecule has 0 aliphatic carbocycles. The minimum Gasteiger partial charge on any atom is -0.507 e. The zero-order chi connectivity index (χ0) is 7.72. The van der Waals surface area contributed by atoms with Crippen molar-refractivity contribution in [1.29, 1.82) is 0 Å². The van der Waals surface area contributed by atoms with Gasteiger partial charge in [0.05, 0.1) is 0 Å². The van der Waals surface area contributed by atoms with Gasteiger partial charge in [-0.25, -0.2) is 0 Å². The molecule has 2 N–H and O–H groups in total. The van der Waals surface area contributed by atoms with Gasteiger partial charge in [-0.1, -0.05) is 11.6 Å². The lowest BCUT2D eigenvalue weighted by Gasteiger charge is -2.00. The molecular formula is C7H7ClO2. The van der Waals surface area contributed by atoms with Gasteiger partial charge in [0.25, 0.3) is 0 Å². The smallest absolute Gasteiger partial charge is 0.123 e. The van der Waals surface area contributed by atoms with E-state index >= 15 is 0 Å². The summed E-state index contributed by atoms with van der Waals surface area (Å²) in [7, 11) is 0. The summed E-state index contributed by atoms with van der Waals surface area (Å²) >= 11 is 5.50. The highest BCUT2D eigenvalue weighted by Crippen LogP contribution is 2.29. The van der Waals surface area contributed by atoms with Crippen LogP contribution >= 0.6 is 11.6 Å². The topological polar surface area (TPSA) is 40.5 Å². The Morgan fingerprint density at radius 2 is 1.60 bits per heavy atom. The van der Waals surface area contributed by atoms with Gasteiger partial charge < -0.3 is 10.2 Å². The van der Waals surface area contributed by atoms with Crippen LogP contribution in [0.5, 0.6) is 11.5 Å². The molecule has 0 fully saturated rings. The number of benzene rings is 1. The second kappa shape index (κ2) is 2.39. The molecule has 3 heteroatoms. The number of phenolic OH excluding ortho intramolecular Hbond substituents is 2. The third-order valence-corrected chi connectivity index (χ3v) is 1.54. The maximum absolute atomic E-state index is 9.04. The molecule has 0 aliphatic rings. The van der Waals surface area contributed by atoms with Crippen molar-refractivity contribution in [3.8, 4) is 11.5 Å². The number of phenols is 2. The van der Waals surface area contributed by atoms with Crippen LogP contribution in [0.3, 0.4) is 0 Å². The zero-order valence-electron chi connectivity index (χ0n) is 5.43. The van der Waals surface area contributed by atoms with Crippen LogP contribution in [-0.2, 0) is 0 Å². The van der Waals surface area contributed by atoms with Gasteiger partial charge in [0.2, 0.25) is 0 Å². The highest BCUT2D eigenvalue weighted by atomic mass is 35.5. The Kier molecular flexibility index (Phi) is 1.72. The Morgan fingerprint density at radius 3 is 2.00 bits per heavy atom. The molecule has 1 aromatic carbocycles. The Hall–Kier alpha value is -0.890. The van der Waals surface area contributed by atoms with Crippen molar-refractivity contribution in [1.82, 2.24) is 0 Å². The molecule has 0 spiro atoms. The molecule has 0 amide bonds. The van der Waals surface area contributed by atoms with Gasteiger partial charge in [-0.05, 0) is 19.1 Å². The van der Waals surface area contributed by atoms with Gasteiger partial charge in [0.15, 0.2) is 0 Å². The fourth-order valence-corrected chi connectivity index (χ4v) is 0.857. The summed E-state index contributed by atoms with van der Waals surface area (Å²) in [5, 5.41) is 18.4. The first-order valence-corrected chi connectivity index (χ1v) is 3.17. The molecule has 0 atom stereocenters. The van der Waals surface area contributed by atoms with Crippen molar-refractivity contribution in [2.45, 2.75) is 6.92 Å². The summed E-state index contributed by atoms with van der Waals surface area (Å²) in [5.41, 5.74) is 0.449. The van der Waals surface area contributed by atoms with E-state index in [1.165, 1.54) is 12.1 Å². The van der Waals surface area contributed by atoms with E-state index < -0.39 is 0 Å². The summed E-state index contributed by atoms with van der Waals surface area (Å²) < 4.78 is 0. The van der Waals surface area contributed by atoms with Crippen molar-refractivity contribution in [2.75, 3.05) is 0 Å². The number of hydrogen-bond donors (Lipinski definition) is 2. The zero-order valence-corrected chi connectivity index (χ0v) is 6.18. The molecule has 0 saturated carbocycles. The lowest BCUT2D eigenvalue weighted by Crippen LogP contribution is -1.75. The van der Waals surface area contributed by atoms with Crippen molar-refractivity contribution in [2.24, 2.45) is 0 Å². The van der Waals surface area contributed by atoms with Gasteiger partial charge in [-0.2, -0.15) is 0 Å². The van der Waals surface area contributed by atoms with E-state index in [0.29, 0.717) is 10.6 Å². The first-order valence-electron chi connectivity index (χ1n) is 2.79. The Balaban J connectivity index is 3.31. The van der Waals surface area contributed by atoms with Crippen LogP contribution in [-0.4, -0.2) is 10.2 Å². The monoisotopic (exact) mass is 158 g/mol. The molecule has 1 rings (SSSR count). The Labute approximate surface area is 63.7 Å². The quantitative estimate of drug-likeness (QED) is 0.607. The van der Waals surface area contributed by atoms with Crippen LogP contribution in [0, 0.1) is 6.92 Å². The highest BCUT2D eigenvalue weighted by Gasteiger charge is 2.02. The molecule has 54 valence electrons. The average molecular weight is 159 g/mol. The van der Waals surface area contributed by atoms with Gasteiger partial charge >= 0.3 is 0 Å². The highest BCUT2D eigenvalue weighted by molar-refractivity contribution is 6.30. The molecule has 0 heterocycles. The molecule has 1 aromatic rings. The van der Waals surface area contributed by atoms with Gasteiger partial charge in [-0.3, -0.25) is 0 Å². The van der Waals surface area contributed by atoms with E-state index in [9.17, 15) is 0 Å². The summed E-state index contributed by atoms with van der Waals surface area (Å²) in [4.78, 5) is 0. The van der Waals surface area contributed by atoms with Crippen LogP contribution in [0.4, 0.5) is 0 Å². The molecule has 0 aromatic heterocycles. The number of aromatic hydroxyl groups is 2. The summed E-state index contributed by atoms with van der Waals surface area (Å²) in [6.07, 6.45) is 0. The normalized spacial score (nSPS) is 9.80. The Morgan fingerprint density at radius 1 is 1.20 bits per heavy atom. The second-order valence-corrected chi connectivity index (χ2v) is 2.51. The van der Waals surface area contributed by atoms with Crippen molar-refractivity contribution in [3.63, 3.8) is 0 Å². The minimum absolute atomic E-state index is 0.0185. The molecule has 0 aliphatic heterocycles. The van der Waals surface area contributed by atoms with Crippen LogP contribution in [0.15, 0.2) is 12.1 Å². The number of rotatable bonds is 0. The molecule has 0 radical (unpaired) electrons. The van der Waals surface area contributed by atoms with Gasteiger partial charge in [0, 0.05) is 10.6 Å². The van der Waals surface area contributed by atoms with Crippen LogP contribution in [0.2, 0.25) is 5.02 Å². The molecular weight excluding hydrogens is 152 g/mol. The molecule has 0 bridgehead atoms. The van der Waals surface area contributed by atoms with Crippen molar-refractivity contribution in [3.05, 3.63) is 22.7 Å². The van der Waals surface area contributed by atoms with Crippen LogP contribution < -0.4 is 0 Å². The molecule has 2 nitrogen and oxygen atoms in total. The second-order valence-electron chi connectivity index (χ2n) is 2.07. The lowest BCUT2D eigenvalue weighted by atomic mass is 10.2. The molecule has 0 saturated heterocycles. The van der Waals surface area contributed by atoms with Crippen molar-refractivity contribution >= 4 is 11.6 Å². The predicted molar refractivity (Wildman–Crippen MR) is 39.5 cm³/mol. The maximum Gasteiger partial charge on any atom is 0.123 e. The first-order chi connectivity index (χ1) is 4.61. The third-order valence-electron chi connectivity index (χ3n) is 1.32. The fraction of sp³-hybridized carbons (Fsp3) is 0.143. The average Bonchev–Trinajstić information content (AvgIpc) is 1.82. The minimum atomic E-state index is 0.0185. The SMILES string of the molecule is Cc1c(O)cc(Cl)cc1O. The van der Waals surface area contributed by atoms with E-state index in [2.05, 4.69) is 0 Å². The summed E-state index contributed by atoms with van der Waals surface area (Å²) in [5.74, 6) is 0.0370. The lowest BCUT2D eigenvalue weighted by molar-refractivity contribution is 0.443. The third kappa shape index (κ3) is 1.16.